The number of Topliss-reactive ketones (excluding diaryl/α,β-unsaturated/α-hetero) is 1. The van der Waals surface area contributed by atoms with Crippen LogP contribution in [0.15, 0.2) is 65.0 Å². The number of hydrogen-bond acceptors (Lipinski definition) is 5. The van der Waals surface area contributed by atoms with E-state index in [9.17, 15) is 26.4 Å². The highest BCUT2D eigenvalue weighted by molar-refractivity contribution is 7.97. The summed E-state index contributed by atoms with van der Waals surface area (Å²) in [7, 11) is -4.32. The van der Waals surface area contributed by atoms with Crippen LogP contribution in [0.1, 0.15) is 15.2 Å². The Morgan fingerprint density at radius 3 is 2.43 bits per heavy atom. The van der Waals surface area contributed by atoms with E-state index in [0.717, 1.165) is 40.0 Å². The van der Waals surface area contributed by atoms with Crippen LogP contribution in [-0.2, 0) is 16.6 Å². The van der Waals surface area contributed by atoms with E-state index in [1.54, 1.807) is 5.38 Å². The molecular weight excluding hydrogens is 437 g/mol. The molecule has 10 heteroatoms. The summed E-state index contributed by atoms with van der Waals surface area (Å²) in [5.41, 5.74) is 0.408. The van der Waals surface area contributed by atoms with Crippen molar-refractivity contribution in [2.24, 2.45) is 0 Å². The van der Waals surface area contributed by atoms with Crippen molar-refractivity contribution in [3.63, 3.8) is 0 Å². The molecule has 2 heterocycles. The lowest BCUT2D eigenvalue weighted by atomic mass is 10.2. The molecule has 2 aromatic carbocycles. The van der Waals surface area contributed by atoms with E-state index < -0.39 is 38.2 Å². The maximum absolute atomic E-state index is 13.9. The number of benzene rings is 2. The summed E-state index contributed by atoms with van der Waals surface area (Å²) in [6.45, 7) is -0.134. The first-order chi connectivity index (χ1) is 14.3. The van der Waals surface area contributed by atoms with Gasteiger partial charge >= 0.3 is 0 Å². The molecule has 0 amide bonds. The fourth-order valence-electron chi connectivity index (χ4n) is 2.96. The van der Waals surface area contributed by atoms with Crippen LogP contribution >= 0.6 is 11.3 Å². The molecule has 0 bridgehead atoms. The first kappa shape index (κ1) is 20.2. The Kier molecular flexibility index (Phi) is 5.12. The molecule has 30 heavy (non-hydrogen) atoms. The zero-order chi connectivity index (χ0) is 21.5. The van der Waals surface area contributed by atoms with Crippen molar-refractivity contribution in [1.82, 2.24) is 0 Å². The lowest BCUT2D eigenvalue weighted by Crippen LogP contribution is -2.38. The molecule has 0 unspecified atom stereocenters. The molecule has 4 rings (SSSR count). The van der Waals surface area contributed by atoms with Gasteiger partial charge in [0.1, 0.15) is 22.3 Å². The second kappa shape index (κ2) is 7.62. The zero-order valence-corrected chi connectivity index (χ0v) is 16.7. The van der Waals surface area contributed by atoms with Crippen molar-refractivity contribution in [2.45, 2.75) is 6.54 Å². The quantitative estimate of drug-likeness (QED) is 0.588. The predicted molar refractivity (Wildman–Crippen MR) is 108 cm³/mol. The molecule has 0 saturated carbocycles. The molecule has 0 fully saturated rings. The molecule has 3 aromatic rings. The molecule has 0 spiro atoms. The van der Waals surface area contributed by atoms with Gasteiger partial charge in [-0.05, 0) is 41.3 Å². The van der Waals surface area contributed by atoms with Gasteiger partial charge in [-0.3, -0.25) is 9.10 Å². The Hall–Kier alpha value is -3.11. The molecule has 1 N–H and O–H groups in total. The molecule has 0 saturated heterocycles. The molecule has 1 aliphatic heterocycles. The first-order valence-electron chi connectivity index (χ1n) is 8.58. The van der Waals surface area contributed by atoms with Crippen LogP contribution in [0.5, 0.6) is 0 Å². The maximum Gasteiger partial charge on any atom is 0.270 e. The van der Waals surface area contributed by atoms with E-state index >= 15 is 0 Å². The normalized spacial score (nSPS) is 16.6. The minimum absolute atomic E-state index is 0.134. The van der Waals surface area contributed by atoms with Crippen molar-refractivity contribution in [3.8, 4) is 0 Å². The number of nitrogens with zero attached hydrogens (tertiary/aromatic N) is 1. The Morgan fingerprint density at radius 2 is 1.70 bits per heavy atom. The Balaban J connectivity index is 1.75. The first-order valence-corrected chi connectivity index (χ1v) is 10.9. The van der Waals surface area contributed by atoms with E-state index in [-0.39, 0.29) is 22.8 Å². The van der Waals surface area contributed by atoms with Gasteiger partial charge in [-0.1, -0.05) is 12.1 Å². The minimum Gasteiger partial charge on any atom is -0.358 e. The number of carbonyl (C=O) groups excluding carboxylic acids is 1. The highest BCUT2D eigenvalue weighted by Gasteiger charge is 2.41. The van der Waals surface area contributed by atoms with Gasteiger partial charge in [0.15, 0.2) is 4.91 Å². The topological polar surface area (TPSA) is 66.5 Å². The summed E-state index contributed by atoms with van der Waals surface area (Å²) < 4.78 is 67.9. The van der Waals surface area contributed by atoms with Gasteiger partial charge in [-0.15, -0.1) is 11.3 Å². The number of anilines is 2. The van der Waals surface area contributed by atoms with Gasteiger partial charge in [0.25, 0.3) is 10.0 Å². The van der Waals surface area contributed by atoms with Gasteiger partial charge in [-0.2, -0.15) is 0 Å². The van der Waals surface area contributed by atoms with E-state index in [4.69, 9.17) is 0 Å². The van der Waals surface area contributed by atoms with Crippen molar-refractivity contribution in [1.29, 1.82) is 0 Å². The third kappa shape index (κ3) is 3.59. The average Bonchev–Trinajstić information content (AvgIpc) is 3.18. The molecule has 5 nitrogen and oxygen atoms in total. The fraction of sp³-hybridized carbons (Fsp3) is 0.0500. The average molecular weight is 450 g/mol. The van der Waals surface area contributed by atoms with E-state index in [1.807, 2.05) is 0 Å². The van der Waals surface area contributed by atoms with Crippen LogP contribution in [0, 0.1) is 17.5 Å². The number of fused-ring (bicyclic) bond motifs is 1. The van der Waals surface area contributed by atoms with Crippen LogP contribution < -0.4 is 9.62 Å². The van der Waals surface area contributed by atoms with Crippen LogP contribution in [0.2, 0.25) is 0 Å². The van der Waals surface area contributed by atoms with E-state index in [0.29, 0.717) is 5.56 Å². The number of carbonyl (C=O) groups is 1. The molecule has 1 aliphatic rings. The number of rotatable bonds is 4. The minimum atomic E-state index is -4.32. The lowest BCUT2D eigenvalue weighted by molar-refractivity contribution is 0.104. The van der Waals surface area contributed by atoms with E-state index in [2.05, 4.69) is 5.32 Å². The van der Waals surface area contributed by atoms with Crippen molar-refractivity contribution >= 4 is 38.5 Å². The lowest BCUT2D eigenvalue weighted by Gasteiger charge is -2.29. The smallest absolute Gasteiger partial charge is 0.270 e. The third-order valence-electron chi connectivity index (χ3n) is 4.44. The Labute approximate surface area is 174 Å². The second-order valence-corrected chi connectivity index (χ2v) is 9.13. The van der Waals surface area contributed by atoms with E-state index in [1.165, 1.54) is 30.3 Å². The maximum atomic E-state index is 13.9. The van der Waals surface area contributed by atoms with Crippen LogP contribution in [0.3, 0.4) is 0 Å². The molecule has 154 valence electrons. The number of allylic oxidation sites excluding steroid dienone is 1. The van der Waals surface area contributed by atoms with Crippen molar-refractivity contribution in [2.75, 3.05) is 9.62 Å². The standard InChI is InChI=1S/C20H13F3N2O3S2/c21-13-3-1-12(2-4-13)11-25-17-7-8-29-20(17)19(26)18(30(25,27)28)10-24-16-9-14(22)5-6-15(16)23/h1-10,24H,11H2/b18-10-. The van der Waals surface area contributed by atoms with Crippen LogP contribution in [0.4, 0.5) is 24.5 Å². The van der Waals surface area contributed by atoms with Gasteiger partial charge in [0, 0.05) is 12.3 Å². The SMILES string of the molecule is O=C1/C(=C/Nc2cc(F)ccc2F)S(=O)(=O)N(Cc2ccc(F)cc2)c2ccsc21. The van der Waals surface area contributed by atoms with Gasteiger partial charge in [-0.25, -0.2) is 21.6 Å². The highest BCUT2D eigenvalue weighted by Crippen LogP contribution is 2.39. The molecular formula is C20H13F3N2O3S2. The third-order valence-corrected chi connectivity index (χ3v) is 7.11. The van der Waals surface area contributed by atoms with Crippen molar-refractivity contribution < 1.29 is 26.4 Å². The summed E-state index contributed by atoms with van der Waals surface area (Å²) in [6, 6.07) is 9.44. The molecule has 1 aromatic heterocycles. The molecule has 0 radical (unpaired) electrons. The predicted octanol–water partition coefficient (Wildman–Crippen LogP) is 4.65. The molecule has 0 aliphatic carbocycles. The molecule has 0 atom stereocenters. The summed E-state index contributed by atoms with van der Waals surface area (Å²) in [6.07, 6.45) is 0.857. The van der Waals surface area contributed by atoms with Crippen LogP contribution in [-0.4, -0.2) is 14.2 Å². The zero-order valence-electron chi connectivity index (χ0n) is 15.1. The summed E-state index contributed by atoms with van der Waals surface area (Å²) in [5.74, 6) is -2.75. The highest BCUT2D eigenvalue weighted by atomic mass is 32.2. The fourth-order valence-corrected chi connectivity index (χ4v) is 5.45. The number of nitrogens with one attached hydrogen (secondary N) is 1. The monoisotopic (exact) mass is 450 g/mol. The second-order valence-electron chi connectivity index (χ2n) is 6.38. The summed E-state index contributed by atoms with van der Waals surface area (Å²) in [4.78, 5) is 12.4. The number of sulfonamides is 1. The largest absolute Gasteiger partial charge is 0.358 e. The number of hydrogen-bond donors (Lipinski definition) is 1. The van der Waals surface area contributed by atoms with Gasteiger partial charge < -0.3 is 5.32 Å². The van der Waals surface area contributed by atoms with Crippen LogP contribution in [0.25, 0.3) is 0 Å². The van der Waals surface area contributed by atoms with Gasteiger partial charge in [0.05, 0.1) is 17.9 Å². The Morgan fingerprint density at radius 1 is 1.00 bits per heavy atom. The van der Waals surface area contributed by atoms with Gasteiger partial charge in [0.2, 0.25) is 5.78 Å². The number of ketones is 1. The number of halogens is 3. The number of thiophene rings is 1. The summed E-state index contributed by atoms with van der Waals surface area (Å²) >= 11 is 1.06. The summed E-state index contributed by atoms with van der Waals surface area (Å²) in [5, 5.41) is 3.96. The van der Waals surface area contributed by atoms with Crippen molar-refractivity contribution in [3.05, 3.63) is 92.9 Å². The Bertz CT molecular complexity index is 1270.